The standard InChI is InChI=1S/C10H9BrFN3/c11-9-5-8(12)2-1-7(9)6-15-4-3-10(13)14-15/h1-5H,6H2,(H2,13,14). The number of rotatable bonds is 2. The number of nitrogens with two attached hydrogens (primary N) is 1. The summed E-state index contributed by atoms with van der Waals surface area (Å²) in [7, 11) is 0. The number of hydrogen-bond donors (Lipinski definition) is 1. The van der Waals surface area contributed by atoms with Crippen molar-refractivity contribution in [1.29, 1.82) is 0 Å². The summed E-state index contributed by atoms with van der Waals surface area (Å²) in [5.74, 6) is 0.221. The van der Waals surface area contributed by atoms with Crippen LogP contribution in [0.25, 0.3) is 0 Å². The lowest BCUT2D eigenvalue weighted by Crippen LogP contribution is -2.02. The highest BCUT2D eigenvalue weighted by molar-refractivity contribution is 9.10. The minimum absolute atomic E-state index is 0.259. The molecule has 0 aliphatic rings. The Morgan fingerprint density at radius 2 is 2.20 bits per heavy atom. The minimum Gasteiger partial charge on any atom is -0.382 e. The van der Waals surface area contributed by atoms with E-state index in [2.05, 4.69) is 21.0 Å². The lowest BCUT2D eigenvalue weighted by Gasteiger charge is -2.04. The molecule has 1 aromatic heterocycles. The third kappa shape index (κ3) is 2.36. The van der Waals surface area contributed by atoms with E-state index in [-0.39, 0.29) is 5.82 Å². The Bertz CT molecular complexity index is 481. The zero-order valence-corrected chi connectivity index (χ0v) is 9.41. The average molecular weight is 270 g/mol. The summed E-state index contributed by atoms with van der Waals surface area (Å²) >= 11 is 3.30. The Balaban J connectivity index is 2.24. The first-order valence-electron chi connectivity index (χ1n) is 4.38. The van der Waals surface area contributed by atoms with Crippen molar-refractivity contribution < 1.29 is 4.39 Å². The summed E-state index contributed by atoms with van der Waals surface area (Å²) in [6.45, 7) is 0.568. The monoisotopic (exact) mass is 269 g/mol. The van der Waals surface area contributed by atoms with Gasteiger partial charge in [0.05, 0.1) is 6.54 Å². The zero-order valence-electron chi connectivity index (χ0n) is 7.82. The van der Waals surface area contributed by atoms with Crippen molar-refractivity contribution in [3.05, 3.63) is 46.3 Å². The van der Waals surface area contributed by atoms with Gasteiger partial charge in [-0.25, -0.2) is 4.39 Å². The molecule has 0 spiro atoms. The van der Waals surface area contributed by atoms with Gasteiger partial charge in [0, 0.05) is 10.7 Å². The summed E-state index contributed by atoms with van der Waals surface area (Å²) in [6.07, 6.45) is 1.78. The van der Waals surface area contributed by atoms with Crippen molar-refractivity contribution in [3.63, 3.8) is 0 Å². The molecule has 0 aliphatic carbocycles. The molecule has 0 saturated carbocycles. The van der Waals surface area contributed by atoms with Gasteiger partial charge < -0.3 is 5.73 Å². The van der Waals surface area contributed by atoms with Crippen LogP contribution in [0, 0.1) is 5.82 Å². The van der Waals surface area contributed by atoms with Crippen molar-refractivity contribution in [1.82, 2.24) is 9.78 Å². The number of anilines is 1. The molecule has 0 amide bonds. The lowest BCUT2D eigenvalue weighted by molar-refractivity contribution is 0.623. The topological polar surface area (TPSA) is 43.8 Å². The van der Waals surface area contributed by atoms with Crippen LogP contribution in [0.5, 0.6) is 0 Å². The van der Waals surface area contributed by atoms with Crippen molar-refractivity contribution in [2.24, 2.45) is 0 Å². The fraction of sp³-hybridized carbons (Fsp3) is 0.100. The van der Waals surface area contributed by atoms with E-state index < -0.39 is 0 Å². The molecule has 2 rings (SSSR count). The highest BCUT2D eigenvalue weighted by Gasteiger charge is 2.03. The second-order valence-electron chi connectivity index (χ2n) is 3.17. The molecule has 2 aromatic rings. The van der Waals surface area contributed by atoms with E-state index >= 15 is 0 Å². The molecular weight excluding hydrogens is 261 g/mol. The van der Waals surface area contributed by atoms with Gasteiger partial charge in [0.15, 0.2) is 0 Å². The van der Waals surface area contributed by atoms with Crippen LogP contribution in [0.4, 0.5) is 10.2 Å². The molecule has 0 saturated heterocycles. The van der Waals surface area contributed by atoms with Gasteiger partial charge in [0.25, 0.3) is 0 Å². The predicted octanol–water partition coefficient (Wildman–Crippen LogP) is 2.42. The second kappa shape index (κ2) is 4.02. The maximum Gasteiger partial charge on any atom is 0.145 e. The van der Waals surface area contributed by atoms with Gasteiger partial charge in [0.2, 0.25) is 0 Å². The van der Waals surface area contributed by atoms with Gasteiger partial charge in [-0.15, -0.1) is 0 Å². The Morgan fingerprint density at radius 3 is 2.80 bits per heavy atom. The summed E-state index contributed by atoms with van der Waals surface area (Å²) in [4.78, 5) is 0. The van der Waals surface area contributed by atoms with Crippen LogP contribution in [0.1, 0.15) is 5.56 Å². The third-order valence-corrected chi connectivity index (χ3v) is 2.75. The molecule has 0 aliphatic heterocycles. The highest BCUT2D eigenvalue weighted by atomic mass is 79.9. The van der Waals surface area contributed by atoms with Crippen molar-refractivity contribution in [2.45, 2.75) is 6.54 Å². The van der Waals surface area contributed by atoms with E-state index in [0.29, 0.717) is 12.4 Å². The average Bonchev–Trinajstić information content (AvgIpc) is 2.56. The van der Waals surface area contributed by atoms with E-state index in [1.54, 1.807) is 23.0 Å². The lowest BCUT2D eigenvalue weighted by atomic mass is 10.2. The maximum absolute atomic E-state index is 12.8. The molecule has 1 heterocycles. The van der Waals surface area contributed by atoms with E-state index in [9.17, 15) is 4.39 Å². The number of aromatic nitrogens is 2. The van der Waals surface area contributed by atoms with Gasteiger partial charge in [-0.1, -0.05) is 22.0 Å². The Morgan fingerprint density at radius 1 is 1.40 bits per heavy atom. The quantitative estimate of drug-likeness (QED) is 0.910. The van der Waals surface area contributed by atoms with E-state index in [1.165, 1.54) is 12.1 Å². The molecule has 1 aromatic carbocycles. The second-order valence-corrected chi connectivity index (χ2v) is 4.03. The molecule has 0 fully saturated rings. The molecule has 15 heavy (non-hydrogen) atoms. The summed E-state index contributed by atoms with van der Waals surface area (Å²) in [5.41, 5.74) is 6.45. The van der Waals surface area contributed by atoms with Crippen LogP contribution in [-0.2, 0) is 6.54 Å². The van der Waals surface area contributed by atoms with Gasteiger partial charge in [-0.2, -0.15) is 5.10 Å². The maximum atomic E-state index is 12.8. The first-order valence-corrected chi connectivity index (χ1v) is 5.17. The Labute approximate surface area is 94.8 Å². The largest absolute Gasteiger partial charge is 0.382 e. The summed E-state index contributed by atoms with van der Waals surface area (Å²) < 4.78 is 15.3. The Hall–Kier alpha value is -1.36. The summed E-state index contributed by atoms with van der Waals surface area (Å²) in [5, 5.41) is 4.05. The van der Waals surface area contributed by atoms with Crippen LogP contribution in [0.3, 0.4) is 0 Å². The number of nitrogen functional groups attached to an aromatic ring is 1. The van der Waals surface area contributed by atoms with Crippen LogP contribution in [0.2, 0.25) is 0 Å². The molecule has 0 radical (unpaired) electrons. The number of nitrogens with zero attached hydrogens (tertiary/aromatic N) is 2. The highest BCUT2D eigenvalue weighted by Crippen LogP contribution is 2.18. The van der Waals surface area contributed by atoms with E-state index in [1.807, 2.05) is 0 Å². The molecule has 2 N–H and O–H groups in total. The third-order valence-electron chi connectivity index (χ3n) is 2.01. The minimum atomic E-state index is -0.259. The van der Waals surface area contributed by atoms with Crippen LogP contribution < -0.4 is 5.73 Å². The molecule has 0 atom stereocenters. The molecule has 78 valence electrons. The van der Waals surface area contributed by atoms with Crippen molar-refractivity contribution in [3.8, 4) is 0 Å². The molecule has 3 nitrogen and oxygen atoms in total. The smallest absolute Gasteiger partial charge is 0.145 e. The van der Waals surface area contributed by atoms with Crippen molar-refractivity contribution in [2.75, 3.05) is 5.73 Å². The van der Waals surface area contributed by atoms with Crippen LogP contribution in [-0.4, -0.2) is 9.78 Å². The van der Waals surface area contributed by atoms with E-state index in [4.69, 9.17) is 5.73 Å². The fourth-order valence-electron chi connectivity index (χ4n) is 1.29. The summed E-state index contributed by atoms with van der Waals surface area (Å²) in [6, 6.07) is 6.30. The van der Waals surface area contributed by atoms with Gasteiger partial charge in [-0.05, 0) is 23.8 Å². The zero-order chi connectivity index (χ0) is 10.8. The molecule has 0 unspecified atom stereocenters. The first-order chi connectivity index (χ1) is 7.15. The van der Waals surface area contributed by atoms with E-state index in [0.717, 1.165) is 10.0 Å². The van der Waals surface area contributed by atoms with Crippen LogP contribution >= 0.6 is 15.9 Å². The first kappa shape index (κ1) is 10.2. The Kier molecular flexibility index (Phi) is 2.73. The normalized spacial score (nSPS) is 10.5. The molecule has 5 heteroatoms. The number of halogens is 2. The van der Waals surface area contributed by atoms with Gasteiger partial charge in [-0.3, -0.25) is 4.68 Å². The molecule has 0 bridgehead atoms. The fourth-order valence-corrected chi connectivity index (χ4v) is 1.77. The predicted molar refractivity (Wildman–Crippen MR) is 59.8 cm³/mol. The van der Waals surface area contributed by atoms with Gasteiger partial charge in [0.1, 0.15) is 11.6 Å². The van der Waals surface area contributed by atoms with Crippen LogP contribution in [0.15, 0.2) is 34.9 Å². The SMILES string of the molecule is Nc1ccn(Cc2ccc(F)cc2Br)n1. The number of benzene rings is 1. The van der Waals surface area contributed by atoms with Gasteiger partial charge >= 0.3 is 0 Å². The van der Waals surface area contributed by atoms with Crippen molar-refractivity contribution >= 4 is 21.7 Å². The molecular formula is C10H9BrFN3. The number of hydrogen-bond acceptors (Lipinski definition) is 2.